The zero-order valence-corrected chi connectivity index (χ0v) is 12.6. The molecule has 0 aromatic rings. The molecule has 1 aliphatic heterocycles. The number of rotatable bonds is 5. The van der Waals surface area contributed by atoms with Crippen molar-refractivity contribution in [2.45, 2.75) is 59.9 Å². The highest BCUT2D eigenvalue weighted by Gasteiger charge is 2.21. The fourth-order valence-electron chi connectivity index (χ4n) is 2.42. The van der Waals surface area contributed by atoms with Gasteiger partial charge in [-0.15, -0.1) is 0 Å². The summed E-state index contributed by atoms with van der Waals surface area (Å²) in [6.07, 6.45) is 4.11. The number of likely N-dealkylation sites (tertiary alicyclic amines) is 1. The van der Waals surface area contributed by atoms with E-state index in [0.717, 1.165) is 5.92 Å². The molecule has 0 aromatic carbocycles. The molecule has 2 heteroatoms. The molecule has 1 aliphatic rings. The molecule has 1 unspecified atom stereocenters. The van der Waals surface area contributed by atoms with Crippen LogP contribution in [0.4, 0.5) is 0 Å². The normalized spacial score (nSPS) is 23.3. The first-order valence-electron chi connectivity index (χ1n) is 7.32. The van der Waals surface area contributed by atoms with Crippen LogP contribution in [0, 0.1) is 11.3 Å². The summed E-state index contributed by atoms with van der Waals surface area (Å²) < 4.78 is 0. The first kappa shape index (κ1) is 15.0. The summed E-state index contributed by atoms with van der Waals surface area (Å²) in [5.41, 5.74) is 0.475. The molecule has 17 heavy (non-hydrogen) atoms. The van der Waals surface area contributed by atoms with Gasteiger partial charge in [0.1, 0.15) is 0 Å². The third-order valence-corrected chi connectivity index (χ3v) is 3.60. The van der Waals surface area contributed by atoms with Crippen LogP contribution in [0.25, 0.3) is 0 Å². The molecule has 1 heterocycles. The molecule has 0 saturated carbocycles. The minimum atomic E-state index is 0.475. The molecule has 0 bridgehead atoms. The van der Waals surface area contributed by atoms with Crippen molar-refractivity contribution in [1.82, 2.24) is 10.2 Å². The Balaban J connectivity index is 2.24. The van der Waals surface area contributed by atoms with E-state index in [1.807, 2.05) is 0 Å². The number of piperidine rings is 1. The average molecular weight is 240 g/mol. The van der Waals surface area contributed by atoms with Crippen molar-refractivity contribution in [1.29, 1.82) is 0 Å². The summed E-state index contributed by atoms with van der Waals surface area (Å²) in [4.78, 5) is 2.67. The number of nitrogens with one attached hydrogen (secondary N) is 1. The monoisotopic (exact) mass is 240 g/mol. The Hall–Kier alpha value is -0.0800. The molecule has 0 radical (unpaired) electrons. The second kappa shape index (κ2) is 6.75. The Labute approximate surface area is 108 Å². The first-order chi connectivity index (χ1) is 7.87. The van der Waals surface area contributed by atoms with Gasteiger partial charge in [-0.05, 0) is 50.2 Å². The predicted octanol–water partition coefficient (Wildman–Crippen LogP) is 3.13. The molecular formula is C15H32N2. The van der Waals surface area contributed by atoms with Gasteiger partial charge >= 0.3 is 0 Å². The van der Waals surface area contributed by atoms with E-state index in [0.29, 0.717) is 11.5 Å². The summed E-state index contributed by atoms with van der Waals surface area (Å²) in [6, 6.07) is 0.625. The minimum absolute atomic E-state index is 0.475. The van der Waals surface area contributed by atoms with Crippen LogP contribution in [0.2, 0.25) is 0 Å². The maximum absolute atomic E-state index is 3.58. The van der Waals surface area contributed by atoms with Crippen LogP contribution in [0.15, 0.2) is 0 Å². The van der Waals surface area contributed by atoms with E-state index in [1.54, 1.807) is 0 Å². The van der Waals surface area contributed by atoms with Gasteiger partial charge in [-0.25, -0.2) is 0 Å². The van der Waals surface area contributed by atoms with Gasteiger partial charge in [-0.3, -0.25) is 0 Å². The Morgan fingerprint density at radius 2 is 2.00 bits per heavy atom. The van der Waals surface area contributed by atoms with E-state index >= 15 is 0 Å². The third kappa shape index (κ3) is 7.05. The minimum Gasteiger partial charge on any atom is -0.314 e. The largest absolute Gasteiger partial charge is 0.314 e. The molecule has 102 valence electrons. The quantitative estimate of drug-likeness (QED) is 0.794. The molecule has 1 atom stereocenters. The van der Waals surface area contributed by atoms with Crippen molar-refractivity contribution in [3.05, 3.63) is 0 Å². The maximum atomic E-state index is 3.58. The molecule has 0 aliphatic carbocycles. The van der Waals surface area contributed by atoms with Crippen molar-refractivity contribution in [3.8, 4) is 0 Å². The zero-order chi connectivity index (χ0) is 12.9. The highest BCUT2D eigenvalue weighted by molar-refractivity contribution is 4.76. The smallest absolute Gasteiger partial charge is 0.00218 e. The number of hydrogen-bond donors (Lipinski definition) is 1. The molecular weight excluding hydrogens is 208 g/mol. The van der Waals surface area contributed by atoms with Crippen molar-refractivity contribution in [3.63, 3.8) is 0 Å². The Kier molecular flexibility index (Phi) is 5.94. The lowest BCUT2D eigenvalue weighted by atomic mass is 9.91. The Morgan fingerprint density at radius 3 is 2.59 bits per heavy atom. The van der Waals surface area contributed by atoms with E-state index in [2.05, 4.69) is 44.8 Å². The lowest BCUT2D eigenvalue weighted by molar-refractivity contribution is 0.152. The van der Waals surface area contributed by atoms with E-state index in [4.69, 9.17) is 0 Å². The predicted molar refractivity (Wildman–Crippen MR) is 76.4 cm³/mol. The molecule has 0 spiro atoms. The summed E-state index contributed by atoms with van der Waals surface area (Å²) >= 11 is 0. The lowest BCUT2D eigenvalue weighted by Crippen LogP contribution is -2.41. The van der Waals surface area contributed by atoms with Gasteiger partial charge in [0.15, 0.2) is 0 Å². The molecule has 2 nitrogen and oxygen atoms in total. The maximum Gasteiger partial charge on any atom is 0.00218 e. The van der Waals surface area contributed by atoms with Crippen LogP contribution in [0.3, 0.4) is 0 Å². The van der Waals surface area contributed by atoms with E-state index in [9.17, 15) is 0 Å². The second-order valence-electron chi connectivity index (χ2n) is 7.18. The van der Waals surface area contributed by atoms with Gasteiger partial charge in [0, 0.05) is 12.6 Å². The van der Waals surface area contributed by atoms with Crippen molar-refractivity contribution in [2.24, 2.45) is 11.3 Å². The van der Waals surface area contributed by atoms with Crippen LogP contribution >= 0.6 is 0 Å². The standard InChI is InChI=1S/C15H32N2/c1-13(2)16-11-14-7-6-9-17(12-14)10-8-15(3,4)5/h13-14,16H,6-12H2,1-5H3. The molecule has 1 N–H and O–H groups in total. The Bertz CT molecular complexity index is 205. The van der Waals surface area contributed by atoms with Gasteiger partial charge < -0.3 is 10.2 Å². The van der Waals surface area contributed by atoms with Crippen molar-refractivity contribution < 1.29 is 0 Å². The SMILES string of the molecule is CC(C)NCC1CCCN(CCC(C)(C)C)C1. The third-order valence-electron chi connectivity index (χ3n) is 3.60. The molecule has 1 saturated heterocycles. The van der Waals surface area contributed by atoms with E-state index in [-0.39, 0.29) is 0 Å². The van der Waals surface area contributed by atoms with Gasteiger partial charge in [0.05, 0.1) is 0 Å². The first-order valence-corrected chi connectivity index (χ1v) is 7.32. The summed E-state index contributed by atoms with van der Waals surface area (Å²) in [7, 11) is 0. The average Bonchev–Trinajstić information content (AvgIpc) is 2.23. The molecule has 0 aromatic heterocycles. The molecule has 1 rings (SSSR count). The van der Waals surface area contributed by atoms with Crippen LogP contribution in [-0.4, -0.2) is 37.1 Å². The summed E-state index contributed by atoms with van der Waals surface area (Å²) in [5.74, 6) is 0.867. The summed E-state index contributed by atoms with van der Waals surface area (Å²) in [5, 5.41) is 3.58. The zero-order valence-electron chi connectivity index (χ0n) is 12.6. The fraction of sp³-hybridized carbons (Fsp3) is 1.00. The van der Waals surface area contributed by atoms with Gasteiger partial charge in [-0.1, -0.05) is 34.6 Å². The summed E-state index contributed by atoms with van der Waals surface area (Å²) in [6.45, 7) is 16.6. The topological polar surface area (TPSA) is 15.3 Å². The van der Waals surface area contributed by atoms with Crippen LogP contribution in [0.1, 0.15) is 53.9 Å². The number of nitrogens with zero attached hydrogens (tertiary/aromatic N) is 1. The van der Waals surface area contributed by atoms with Crippen LogP contribution in [0.5, 0.6) is 0 Å². The molecule has 0 amide bonds. The van der Waals surface area contributed by atoms with E-state index in [1.165, 1.54) is 45.4 Å². The van der Waals surface area contributed by atoms with Crippen LogP contribution < -0.4 is 5.32 Å². The van der Waals surface area contributed by atoms with Crippen molar-refractivity contribution >= 4 is 0 Å². The van der Waals surface area contributed by atoms with Crippen LogP contribution in [-0.2, 0) is 0 Å². The second-order valence-corrected chi connectivity index (χ2v) is 7.18. The van der Waals surface area contributed by atoms with E-state index < -0.39 is 0 Å². The Morgan fingerprint density at radius 1 is 1.29 bits per heavy atom. The lowest BCUT2D eigenvalue weighted by Gasteiger charge is -2.34. The van der Waals surface area contributed by atoms with Crippen molar-refractivity contribution in [2.75, 3.05) is 26.2 Å². The number of hydrogen-bond acceptors (Lipinski definition) is 2. The molecule has 1 fully saturated rings. The van der Waals surface area contributed by atoms with Gasteiger partial charge in [-0.2, -0.15) is 0 Å². The van der Waals surface area contributed by atoms with Gasteiger partial charge in [0.25, 0.3) is 0 Å². The van der Waals surface area contributed by atoms with Gasteiger partial charge in [0.2, 0.25) is 0 Å². The highest BCUT2D eigenvalue weighted by atomic mass is 15.1. The fourth-order valence-corrected chi connectivity index (χ4v) is 2.42. The highest BCUT2D eigenvalue weighted by Crippen LogP contribution is 2.22.